The normalized spacial score (nSPS) is 18.9. The molecule has 1 saturated heterocycles. The van der Waals surface area contributed by atoms with E-state index in [0.29, 0.717) is 31.0 Å². The average Bonchev–Trinajstić information content (AvgIpc) is 3.06. The van der Waals surface area contributed by atoms with Crippen molar-refractivity contribution in [2.24, 2.45) is 0 Å². The molecule has 0 saturated carbocycles. The first kappa shape index (κ1) is 22.9. The molecule has 0 aliphatic carbocycles. The van der Waals surface area contributed by atoms with Crippen LogP contribution in [0.2, 0.25) is 0 Å². The number of anilines is 2. The highest BCUT2D eigenvalue weighted by molar-refractivity contribution is 5.94. The Hall–Kier alpha value is -2.81. The Kier molecular flexibility index (Phi) is 7.37. The van der Waals surface area contributed by atoms with E-state index in [1.54, 1.807) is 24.3 Å². The van der Waals surface area contributed by atoms with Crippen molar-refractivity contribution < 1.29 is 19.1 Å². The summed E-state index contributed by atoms with van der Waals surface area (Å²) >= 11 is 0. The fourth-order valence-corrected chi connectivity index (χ4v) is 3.83. The van der Waals surface area contributed by atoms with Crippen molar-refractivity contribution >= 4 is 23.2 Å². The number of rotatable bonds is 7. The molecule has 0 spiro atoms. The first-order valence-corrected chi connectivity index (χ1v) is 10.2. The maximum Gasteiger partial charge on any atom is 0.238 e. The van der Waals surface area contributed by atoms with Crippen molar-refractivity contribution in [2.45, 2.75) is 32.5 Å². The number of benzene rings is 2. The summed E-state index contributed by atoms with van der Waals surface area (Å²) in [5, 5.41) is 16.1. The number of likely N-dealkylation sites (N-methyl/N-ethyl adjacent to an activating group) is 1. The Morgan fingerprint density at radius 1 is 1.16 bits per heavy atom. The lowest BCUT2D eigenvalue weighted by Gasteiger charge is -2.26. The molecular formula is C23H29FN4O3. The number of aryl methyl sites for hydroxylation is 1. The van der Waals surface area contributed by atoms with Crippen LogP contribution in [0, 0.1) is 12.7 Å². The second-order valence-electron chi connectivity index (χ2n) is 8.13. The number of amides is 2. The van der Waals surface area contributed by atoms with Gasteiger partial charge < -0.3 is 15.7 Å². The minimum atomic E-state index is -0.580. The van der Waals surface area contributed by atoms with Gasteiger partial charge in [-0.1, -0.05) is 18.2 Å². The summed E-state index contributed by atoms with van der Waals surface area (Å²) in [6.45, 7) is 5.00. The lowest BCUT2D eigenvalue weighted by atomic mass is 10.1. The monoisotopic (exact) mass is 428 g/mol. The number of aliphatic hydroxyl groups excluding tert-OH is 1. The van der Waals surface area contributed by atoms with Gasteiger partial charge in [-0.3, -0.25) is 19.4 Å². The molecular weight excluding hydrogens is 399 g/mol. The highest BCUT2D eigenvalue weighted by Crippen LogP contribution is 2.21. The quantitative estimate of drug-likeness (QED) is 0.630. The summed E-state index contributed by atoms with van der Waals surface area (Å²) < 4.78 is 13.1. The molecule has 1 heterocycles. The number of β-amino-alcohol motifs (C(OH)–C–C–N with tert-alkyl or cyclic N) is 1. The maximum atomic E-state index is 13.1. The van der Waals surface area contributed by atoms with E-state index in [0.717, 1.165) is 11.1 Å². The molecule has 1 aliphatic heterocycles. The Bertz CT molecular complexity index is 935. The Balaban J connectivity index is 1.54. The van der Waals surface area contributed by atoms with Crippen LogP contribution < -0.4 is 10.6 Å². The minimum absolute atomic E-state index is 0.122. The fourth-order valence-electron chi connectivity index (χ4n) is 3.83. The van der Waals surface area contributed by atoms with Crippen LogP contribution in [0.4, 0.5) is 15.8 Å². The van der Waals surface area contributed by atoms with Gasteiger partial charge in [-0.15, -0.1) is 0 Å². The predicted octanol–water partition coefficient (Wildman–Crippen LogP) is 2.21. The molecule has 2 atom stereocenters. The molecule has 8 heteroatoms. The van der Waals surface area contributed by atoms with Gasteiger partial charge in [0, 0.05) is 44.0 Å². The van der Waals surface area contributed by atoms with E-state index in [1.807, 2.05) is 29.8 Å². The standard InChI is InChI=1S/C23H29FN4O3/c1-15-4-9-19(10-20(15)25-16(2)29)26-23(31)14-28-12-21(22(30)13-28)27(3)11-17-5-7-18(24)8-6-17/h4-10,21-22,30H,11-14H2,1-3H3,(H,25,29)(H,26,31)/t21-,22-/m0/s1. The highest BCUT2D eigenvalue weighted by Gasteiger charge is 2.34. The van der Waals surface area contributed by atoms with E-state index < -0.39 is 6.10 Å². The molecule has 3 N–H and O–H groups in total. The number of likely N-dealkylation sites (tertiary alicyclic amines) is 1. The second-order valence-corrected chi connectivity index (χ2v) is 8.13. The zero-order chi connectivity index (χ0) is 22.5. The number of carbonyl (C=O) groups excluding carboxylic acids is 2. The summed E-state index contributed by atoms with van der Waals surface area (Å²) in [5.41, 5.74) is 3.12. The Labute approximate surface area is 181 Å². The van der Waals surface area contributed by atoms with Crippen molar-refractivity contribution in [1.82, 2.24) is 9.80 Å². The smallest absolute Gasteiger partial charge is 0.238 e. The van der Waals surface area contributed by atoms with Crippen molar-refractivity contribution in [3.8, 4) is 0 Å². The zero-order valence-corrected chi connectivity index (χ0v) is 18.1. The third-order valence-electron chi connectivity index (χ3n) is 5.45. The van der Waals surface area contributed by atoms with Gasteiger partial charge in [-0.2, -0.15) is 0 Å². The number of hydrogen-bond acceptors (Lipinski definition) is 5. The van der Waals surface area contributed by atoms with Crippen LogP contribution in [-0.2, 0) is 16.1 Å². The van der Waals surface area contributed by atoms with Gasteiger partial charge in [0.15, 0.2) is 0 Å². The van der Waals surface area contributed by atoms with E-state index in [1.165, 1.54) is 19.1 Å². The molecule has 0 aromatic heterocycles. The number of hydrogen-bond donors (Lipinski definition) is 3. The lowest BCUT2D eigenvalue weighted by Crippen LogP contribution is -2.40. The number of nitrogens with one attached hydrogen (secondary N) is 2. The minimum Gasteiger partial charge on any atom is -0.390 e. The van der Waals surface area contributed by atoms with Crippen molar-refractivity contribution in [3.63, 3.8) is 0 Å². The number of carbonyl (C=O) groups is 2. The molecule has 1 fully saturated rings. The Morgan fingerprint density at radius 3 is 2.55 bits per heavy atom. The summed E-state index contributed by atoms with van der Waals surface area (Å²) in [7, 11) is 1.91. The van der Waals surface area contributed by atoms with Gasteiger partial charge in [0.25, 0.3) is 0 Å². The van der Waals surface area contributed by atoms with Crippen LogP contribution in [-0.4, -0.2) is 65.5 Å². The maximum absolute atomic E-state index is 13.1. The molecule has 2 aromatic rings. The number of halogens is 1. The first-order chi connectivity index (χ1) is 14.7. The SMILES string of the molecule is CC(=O)Nc1cc(NC(=O)CN2C[C@H](O)[C@@H](N(C)Cc3ccc(F)cc3)C2)ccc1C. The molecule has 2 amide bonds. The van der Waals surface area contributed by atoms with Crippen LogP contribution in [0.1, 0.15) is 18.1 Å². The van der Waals surface area contributed by atoms with Crippen LogP contribution in [0.25, 0.3) is 0 Å². The number of aliphatic hydroxyl groups is 1. The molecule has 1 aliphatic rings. The van der Waals surface area contributed by atoms with Gasteiger partial charge in [-0.25, -0.2) is 4.39 Å². The van der Waals surface area contributed by atoms with E-state index in [9.17, 15) is 19.1 Å². The van der Waals surface area contributed by atoms with Gasteiger partial charge in [-0.05, 0) is 49.4 Å². The first-order valence-electron chi connectivity index (χ1n) is 10.2. The molecule has 2 aromatic carbocycles. The molecule has 0 bridgehead atoms. The van der Waals surface area contributed by atoms with Crippen molar-refractivity contribution in [1.29, 1.82) is 0 Å². The molecule has 0 radical (unpaired) electrons. The lowest BCUT2D eigenvalue weighted by molar-refractivity contribution is -0.117. The van der Waals surface area contributed by atoms with Gasteiger partial charge in [0.1, 0.15) is 5.82 Å². The molecule has 0 unspecified atom stereocenters. The predicted molar refractivity (Wildman–Crippen MR) is 118 cm³/mol. The number of nitrogens with zero attached hydrogens (tertiary/aromatic N) is 2. The van der Waals surface area contributed by atoms with Gasteiger partial charge in [0.05, 0.1) is 12.6 Å². The average molecular weight is 429 g/mol. The van der Waals surface area contributed by atoms with Crippen molar-refractivity contribution in [2.75, 3.05) is 37.3 Å². The van der Waals surface area contributed by atoms with E-state index in [4.69, 9.17) is 0 Å². The van der Waals surface area contributed by atoms with Crippen LogP contribution in [0.15, 0.2) is 42.5 Å². The van der Waals surface area contributed by atoms with Crippen LogP contribution >= 0.6 is 0 Å². The largest absolute Gasteiger partial charge is 0.390 e. The topological polar surface area (TPSA) is 84.9 Å². The molecule has 166 valence electrons. The van der Waals surface area contributed by atoms with E-state index >= 15 is 0 Å². The third-order valence-corrected chi connectivity index (χ3v) is 5.45. The highest BCUT2D eigenvalue weighted by atomic mass is 19.1. The van der Waals surface area contributed by atoms with E-state index in [2.05, 4.69) is 10.6 Å². The van der Waals surface area contributed by atoms with Crippen LogP contribution in [0.5, 0.6) is 0 Å². The van der Waals surface area contributed by atoms with Gasteiger partial charge in [0.2, 0.25) is 11.8 Å². The van der Waals surface area contributed by atoms with E-state index in [-0.39, 0.29) is 30.2 Å². The molecule has 31 heavy (non-hydrogen) atoms. The summed E-state index contributed by atoms with van der Waals surface area (Å²) in [6, 6.07) is 11.5. The Morgan fingerprint density at radius 2 is 1.87 bits per heavy atom. The molecule has 3 rings (SSSR count). The fraction of sp³-hybridized carbons (Fsp3) is 0.391. The zero-order valence-electron chi connectivity index (χ0n) is 18.1. The third kappa shape index (κ3) is 6.33. The summed E-state index contributed by atoms with van der Waals surface area (Å²) in [4.78, 5) is 27.8. The summed E-state index contributed by atoms with van der Waals surface area (Å²) in [6.07, 6.45) is -0.580. The molecule has 7 nitrogen and oxygen atoms in total. The van der Waals surface area contributed by atoms with Crippen molar-refractivity contribution in [3.05, 3.63) is 59.4 Å². The summed E-state index contributed by atoms with van der Waals surface area (Å²) in [5.74, 6) is -0.637. The van der Waals surface area contributed by atoms with Gasteiger partial charge >= 0.3 is 0 Å². The van der Waals surface area contributed by atoms with Crippen LogP contribution in [0.3, 0.4) is 0 Å². The second kappa shape index (κ2) is 10.00.